The Morgan fingerprint density at radius 2 is 1.84 bits per heavy atom. The third-order valence-corrected chi connectivity index (χ3v) is 5.19. The van der Waals surface area contributed by atoms with E-state index in [1.165, 1.54) is 18.2 Å². The lowest BCUT2D eigenvalue weighted by Gasteiger charge is -2.21. The molecule has 0 aliphatic carbocycles. The van der Waals surface area contributed by atoms with Crippen LogP contribution in [0, 0.1) is 10.1 Å². The molecule has 0 aromatic heterocycles. The number of sulfonamides is 1. The summed E-state index contributed by atoms with van der Waals surface area (Å²) < 4.78 is 31.2. The molecule has 0 amide bonds. The van der Waals surface area contributed by atoms with E-state index in [2.05, 4.69) is 4.74 Å². The van der Waals surface area contributed by atoms with Gasteiger partial charge in [-0.1, -0.05) is 36.4 Å². The van der Waals surface area contributed by atoms with Crippen molar-refractivity contribution in [3.63, 3.8) is 0 Å². The minimum absolute atomic E-state index is 0.0685. The van der Waals surface area contributed by atoms with Gasteiger partial charge in [-0.3, -0.25) is 14.9 Å². The number of carbonyl (C=O) groups is 1. The monoisotopic (exact) mass is 364 g/mol. The average Bonchev–Trinajstić information content (AvgIpc) is 2.62. The van der Waals surface area contributed by atoms with Crippen LogP contribution in [0.2, 0.25) is 0 Å². The SMILES string of the molecule is COC(=O)CN(Cc1ccccc1)S(=O)(=O)c1cccc([N+](=O)[O-])c1. The smallest absolute Gasteiger partial charge is 0.321 e. The molecule has 0 heterocycles. The van der Waals surface area contributed by atoms with Crippen LogP contribution in [0.3, 0.4) is 0 Å². The number of ether oxygens (including phenoxy) is 1. The zero-order valence-electron chi connectivity index (χ0n) is 13.4. The van der Waals surface area contributed by atoms with Gasteiger partial charge in [0, 0.05) is 18.7 Å². The fraction of sp³-hybridized carbons (Fsp3) is 0.188. The van der Waals surface area contributed by atoms with Crippen LogP contribution >= 0.6 is 0 Å². The number of hydrogen-bond acceptors (Lipinski definition) is 6. The van der Waals surface area contributed by atoms with E-state index in [9.17, 15) is 23.3 Å². The molecule has 0 aliphatic rings. The fourth-order valence-corrected chi connectivity index (χ4v) is 3.54. The molecule has 0 N–H and O–H groups in total. The van der Waals surface area contributed by atoms with Gasteiger partial charge in [-0.15, -0.1) is 0 Å². The van der Waals surface area contributed by atoms with Gasteiger partial charge in [-0.05, 0) is 11.6 Å². The van der Waals surface area contributed by atoms with Crippen molar-refractivity contribution in [1.29, 1.82) is 0 Å². The summed E-state index contributed by atoms with van der Waals surface area (Å²) in [4.78, 5) is 21.6. The van der Waals surface area contributed by atoms with E-state index in [1.807, 2.05) is 0 Å². The third-order valence-electron chi connectivity index (χ3n) is 3.40. The topological polar surface area (TPSA) is 107 Å². The first kappa shape index (κ1) is 18.6. The highest BCUT2D eigenvalue weighted by Gasteiger charge is 2.28. The maximum atomic E-state index is 12.9. The number of esters is 1. The Balaban J connectivity index is 2.41. The molecule has 9 heteroatoms. The van der Waals surface area contributed by atoms with Crippen molar-refractivity contribution in [3.05, 3.63) is 70.3 Å². The Morgan fingerprint density at radius 1 is 1.16 bits per heavy atom. The van der Waals surface area contributed by atoms with Crippen LogP contribution in [0.5, 0.6) is 0 Å². The molecule has 0 fully saturated rings. The molecule has 0 aliphatic heterocycles. The van der Waals surface area contributed by atoms with Crippen LogP contribution < -0.4 is 0 Å². The third kappa shape index (κ3) is 4.61. The molecule has 0 atom stereocenters. The lowest BCUT2D eigenvalue weighted by Crippen LogP contribution is -2.35. The first-order chi connectivity index (χ1) is 11.8. The maximum absolute atomic E-state index is 12.9. The standard InChI is InChI=1S/C16H16N2O6S/c1-24-16(19)12-17(11-13-6-3-2-4-7-13)25(22,23)15-9-5-8-14(10-15)18(20)21/h2-10H,11-12H2,1H3. The second-order valence-electron chi connectivity index (χ2n) is 5.09. The summed E-state index contributed by atoms with van der Waals surface area (Å²) in [6.45, 7) is -0.572. The molecule has 0 radical (unpaired) electrons. The quantitative estimate of drug-likeness (QED) is 0.422. The maximum Gasteiger partial charge on any atom is 0.321 e. The van der Waals surface area contributed by atoms with Crippen LogP contribution in [-0.4, -0.2) is 37.3 Å². The van der Waals surface area contributed by atoms with Gasteiger partial charge in [0.05, 0.1) is 16.9 Å². The molecule has 132 valence electrons. The normalized spacial score (nSPS) is 11.3. The molecule has 2 aromatic carbocycles. The molecule has 8 nitrogen and oxygen atoms in total. The van der Waals surface area contributed by atoms with Crippen molar-refractivity contribution in [2.24, 2.45) is 0 Å². The molecule has 25 heavy (non-hydrogen) atoms. The summed E-state index contributed by atoms with van der Waals surface area (Å²) in [5.41, 5.74) is 0.319. The average molecular weight is 364 g/mol. The van der Waals surface area contributed by atoms with Crippen LogP contribution in [0.15, 0.2) is 59.5 Å². The van der Waals surface area contributed by atoms with Crippen LogP contribution in [0.25, 0.3) is 0 Å². The van der Waals surface area contributed by atoms with E-state index < -0.39 is 27.5 Å². The summed E-state index contributed by atoms with van der Waals surface area (Å²) in [5.74, 6) is -0.732. The summed E-state index contributed by atoms with van der Waals surface area (Å²) in [6.07, 6.45) is 0. The molecule has 2 aromatic rings. The van der Waals surface area contributed by atoms with E-state index in [-0.39, 0.29) is 17.1 Å². The first-order valence-electron chi connectivity index (χ1n) is 7.20. The van der Waals surface area contributed by atoms with E-state index >= 15 is 0 Å². The molecule has 0 unspecified atom stereocenters. The molecular formula is C16H16N2O6S. The second kappa shape index (κ2) is 7.86. The van der Waals surface area contributed by atoms with Crippen molar-refractivity contribution in [2.45, 2.75) is 11.4 Å². The predicted octanol–water partition coefficient (Wildman–Crippen LogP) is 1.96. The Hall–Kier alpha value is -2.78. The Kier molecular flexibility index (Phi) is 5.84. The number of carbonyl (C=O) groups excluding carboxylic acids is 1. The number of hydrogen-bond donors (Lipinski definition) is 0. The number of rotatable bonds is 7. The molecule has 0 saturated heterocycles. The molecule has 2 rings (SSSR count). The van der Waals surface area contributed by atoms with E-state index in [0.717, 1.165) is 17.5 Å². The zero-order valence-corrected chi connectivity index (χ0v) is 14.2. The summed E-state index contributed by atoms with van der Waals surface area (Å²) in [6, 6.07) is 13.4. The summed E-state index contributed by atoms with van der Waals surface area (Å²) >= 11 is 0. The Morgan fingerprint density at radius 3 is 2.44 bits per heavy atom. The van der Waals surface area contributed by atoms with Gasteiger partial charge >= 0.3 is 5.97 Å². The Labute approximate surface area is 144 Å². The Bertz CT molecular complexity index is 867. The van der Waals surface area contributed by atoms with Crippen molar-refractivity contribution in [2.75, 3.05) is 13.7 Å². The first-order valence-corrected chi connectivity index (χ1v) is 8.64. The van der Waals surface area contributed by atoms with Gasteiger partial charge in [0.25, 0.3) is 5.69 Å². The van der Waals surface area contributed by atoms with Gasteiger partial charge in [0.2, 0.25) is 10.0 Å². The minimum atomic E-state index is -4.13. The molecule has 0 saturated carbocycles. The highest BCUT2D eigenvalue weighted by atomic mass is 32.2. The highest BCUT2D eigenvalue weighted by Crippen LogP contribution is 2.22. The lowest BCUT2D eigenvalue weighted by molar-refractivity contribution is -0.385. The number of nitro groups is 1. The fourth-order valence-electron chi connectivity index (χ4n) is 2.13. The number of nitro benzene ring substituents is 1. The lowest BCUT2D eigenvalue weighted by atomic mass is 10.2. The van der Waals surface area contributed by atoms with E-state index in [0.29, 0.717) is 5.56 Å². The number of benzene rings is 2. The molecule has 0 bridgehead atoms. The van der Waals surface area contributed by atoms with E-state index in [1.54, 1.807) is 30.3 Å². The highest BCUT2D eigenvalue weighted by molar-refractivity contribution is 7.89. The van der Waals surface area contributed by atoms with Gasteiger partial charge in [0.15, 0.2) is 0 Å². The van der Waals surface area contributed by atoms with Gasteiger partial charge < -0.3 is 4.74 Å². The van der Waals surface area contributed by atoms with Gasteiger partial charge in [-0.2, -0.15) is 4.31 Å². The summed E-state index contributed by atoms with van der Waals surface area (Å²) in [5, 5.41) is 10.9. The minimum Gasteiger partial charge on any atom is -0.468 e. The number of methoxy groups -OCH3 is 1. The van der Waals surface area contributed by atoms with Crippen LogP contribution in [-0.2, 0) is 26.1 Å². The number of nitrogens with zero attached hydrogens (tertiary/aromatic N) is 2. The van der Waals surface area contributed by atoms with Gasteiger partial charge in [0.1, 0.15) is 6.54 Å². The largest absolute Gasteiger partial charge is 0.468 e. The van der Waals surface area contributed by atoms with E-state index in [4.69, 9.17) is 0 Å². The molecule has 0 spiro atoms. The van der Waals surface area contributed by atoms with Crippen molar-refractivity contribution >= 4 is 21.7 Å². The van der Waals surface area contributed by atoms with Crippen molar-refractivity contribution in [3.8, 4) is 0 Å². The van der Waals surface area contributed by atoms with Crippen LogP contribution in [0.1, 0.15) is 5.56 Å². The van der Waals surface area contributed by atoms with Crippen molar-refractivity contribution < 1.29 is 22.9 Å². The van der Waals surface area contributed by atoms with Gasteiger partial charge in [-0.25, -0.2) is 8.42 Å². The second-order valence-corrected chi connectivity index (χ2v) is 7.03. The van der Waals surface area contributed by atoms with Crippen molar-refractivity contribution in [1.82, 2.24) is 4.31 Å². The molecular weight excluding hydrogens is 348 g/mol. The summed E-state index contributed by atoms with van der Waals surface area (Å²) in [7, 11) is -2.98. The predicted molar refractivity (Wildman–Crippen MR) is 89.2 cm³/mol. The zero-order chi connectivity index (χ0) is 18.4. The van der Waals surface area contributed by atoms with Crippen LogP contribution in [0.4, 0.5) is 5.69 Å². The number of non-ortho nitro benzene ring substituents is 1.